The van der Waals surface area contributed by atoms with Gasteiger partial charge < -0.3 is 10.1 Å². The number of nitrogens with zero attached hydrogens (tertiary/aromatic N) is 1. The lowest BCUT2D eigenvalue weighted by Crippen LogP contribution is -2.29. The number of hydrogen-bond donors (Lipinski definition) is 1. The van der Waals surface area contributed by atoms with E-state index < -0.39 is 0 Å². The van der Waals surface area contributed by atoms with Crippen LogP contribution in [0.3, 0.4) is 0 Å². The Morgan fingerprint density at radius 3 is 2.28 bits per heavy atom. The van der Waals surface area contributed by atoms with E-state index in [1.165, 1.54) is 6.20 Å². The van der Waals surface area contributed by atoms with Crippen molar-refractivity contribution < 1.29 is 9.53 Å². The topological polar surface area (TPSA) is 51.2 Å². The Hall–Kier alpha value is -2.85. The zero-order valence-corrected chi connectivity index (χ0v) is 14.4. The van der Waals surface area contributed by atoms with Crippen molar-refractivity contribution in [1.29, 1.82) is 0 Å². The smallest absolute Gasteiger partial charge is 0.253 e. The summed E-state index contributed by atoms with van der Waals surface area (Å²) in [5.41, 5.74) is 2.41. The van der Waals surface area contributed by atoms with Crippen molar-refractivity contribution in [3.05, 3.63) is 94.8 Å². The first-order chi connectivity index (χ1) is 12.2. The van der Waals surface area contributed by atoms with Crippen molar-refractivity contribution in [3.8, 4) is 5.75 Å². The number of carbonyl (C=O) groups is 1. The SMILES string of the molecule is COc1ccc(C(NC(=O)c2ccc(Cl)nc2)c2ccccc2)cc1. The lowest BCUT2D eigenvalue weighted by Gasteiger charge is -2.20. The predicted octanol–water partition coefficient (Wildman–Crippen LogP) is 4.26. The molecule has 3 rings (SSSR count). The molecule has 1 aromatic heterocycles. The van der Waals surface area contributed by atoms with Crippen LogP contribution >= 0.6 is 11.6 Å². The standard InChI is InChI=1S/C20H17ClN2O2/c1-25-17-10-7-15(8-11-17)19(14-5-3-2-4-6-14)23-20(24)16-9-12-18(21)22-13-16/h2-13,19H,1H3,(H,23,24). The molecule has 4 nitrogen and oxygen atoms in total. The number of hydrogen-bond acceptors (Lipinski definition) is 3. The van der Waals surface area contributed by atoms with Crippen LogP contribution < -0.4 is 10.1 Å². The first kappa shape index (κ1) is 17.0. The van der Waals surface area contributed by atoms with Crippen LogP contribution in [0.15, 0.2) is 72.9 Å². The molecule has 1 unspecified atom stereocenters. The van der Waals surface area contributed by atoms with E-state index in [4.69, 9.17) is 16.3 Å². The van der Waals surface area contributed by atoms with E-state index in [0.717, 1.165) is 16.9 Å². The molecule has 0 saturated carbocycles. The first-order valence-corrected chi connectivity index (χ1v) is 8.16. The first-order valence-electron chi connectivity index (χ1n) is 7.78. The predicted molar refractivity (Wildman–Crippen MR) is 98.0 cm³/mol. The van der Waals surface area contributed by atoms with E-state index in [1.54, 1.807) is 19.2 Å². The highest BCUT2D eigenvalue weighted by Gasteiger charge is 2.18. The number of pyridine rings is 1. The Kier molecular flexibility index (Phi) is 5.31. The maximum atomic E-state index is 12.6. The van der Waals surface area contributed by atoms with Gasteiger partial charge in [-0.05, 0) is 35.4 Å². The maximum Gasteiger partial charge on any atom is 0.253 e. The highest BCUT2D eigenvalue weighted by atomic mass is 35.5. The molecule has 0 fully saturated rings. The molecule has 0 aliphatic rings. The Morgan fingerprint density at radius 2 is 1.68 bits per heavy atom. The summed E-state index contributed by atoms with van der Waals surface area (Å²) in [4.78, 5) is 16.6. The van der Waals surface area contributed by atoms with E-state index in [1.807, 2.05) is 54.6 Å². The molecule has 5 heteroatoms. The number of aromatic nitrogens is 1. The highest BCUT2D eigenvalue weighted by Crippen LogP contribution is 2.24. The van der Waals surface area contributed by atoms with Gasteiger partial charge in [-0.15, -0.1) is 0 Å². The molecule has 1 atom stereocenters. The lowest BCUT2D eigenvalue weighted by molar-refractivity contribution is 0.0942. The average Bonchev–Trinajstić information content (AvgIpc) is 2.67. The van der Waals surface area contributed by atoms with Crippen LogP contribution in [0.25, 0.3) is 0 Å². The van der Waals surface area contributed by atoms with Crippen molar-refractivity contribution >= 4 is 17.5 Å². The molecule has 0 bridgehead atoms. The molecule has 1 amide bonds. The van der Waals surface area contributed by atoms with Crippen LogP contribution in [0.2, 0.25) is 5.15 Å². The molecule has 0 radical (unpaired) electrons. The molecule has 3 aromatic rings. The minimum atomic E-state index is -0.282. The minimum absolute atomic E-state index is 0.214. The number of halogens is 1. The van der Waals surface area contributed by atoms with E-state index in [2.05, 4.69) is 10.3 Å². The largest absolute Gasteiger partial charge is 0.497 e. The van der Waals surface area contributed by atoms with Crippen molar-refractivity contribution in [2.75, 3.05) is 7.11 Å². The molecule has 0 aliphatic heterocycles. The van der Waals surface area contributed by atoms with E-state index in [-0.39, 0.29) is 11.9 Å². The number of nitrogens with one attached hydrogen (secondary N) is 1. The Balaban J connectivity index is 1.90. The second-order valence-corrected chi connectivity index (χ2v) is 5.85. The summed E-state index contributed by atoms with van der Waals surface area (Å²) in [5.74, 6) is 0.553. The Morgan fingerprint density at radius 1 is 1.00 bits per heavy atom. The Bertz CT molecular complexity index is 834. The molecule has 0 saturated heterocycles. The second-order valence-electron chi connectivity index (χ2n) is 5.46. The van der Waals surface area contributed by atoms with Gasteiger partial charge in [0.1, 0.15) is 10.9 Å². The zero-order chi connectivity index (χ0) is 17.6. The zero-order valence-electron chi connectivity index (χ0n) is 13.6. The van der Waals surface area contributed by atoms with Gasteiger partial charge in [-0.2, -0.15) is 0 Å². The number of rotatable bonds is 5. The van der Waals surface area contributed by atoms with E-state index in [9.17, 15) is 4.79 Å². The number of ether oxygens (including phenoxy) is 1. The van der Waals surface area contributed by atoms with Crippen molar-refractivity contribution in [3.63, 3.8) is 0 Å². The fourth-order valence-corrected chi connectivity index (χ4v) is 2.64. The van der Waals surface area contributed by atoms with Gasteiger partial charge in [0.2, 0.25) is 0 Å². The fraction of sp³-hybridized carbons (Fsp3) is 0.100. The Labute approximate surface area is 151 Å². The molecule has 126 valence electrons. The highest BCUT2D eigenvalue weighted by molar-refractivity contribution is 6.29. The third-order valence-corrected chi connectivity index (χ3v) is 4.07. The number of methoxy groups -OCH3 is 1. The summed E-state index contributed by atoms with van der Waals surface area (Å²) in [5, 5.41) is 3.41. The van der Waals surface area contributed by atoms with Crippen LogP contribution in [-0.4, -0.2) is 18.0 Å². The molecule has 25 heavy (non-hydrogen) atoms. The number of benzene rings is 2. The van der Waals surface area contributed by atoms with Crippen LogP contribution in [0.4, 0.5) is 0 Å². The number of amides is 1. The molecular formula is C20H17ClN2O2. The van der Waals surface area contributed by atoms with Gasteiger partial charge in [0.05, 0.1) is 18.7 Å². The van der Waals surface area contributed by atoms with Gasteiger partial charge in [0.25, 0.3) is 5.91 Å². The van der Waals surface area contributed by atoms with Gasteiger partial charge >= 0.3 is 0 Å². The summed E-state index contributed by atoms with van der Waals surface area (Å²) >= 11 is 5.79. The summed E-state index contributed by atoms with van der Waals surface area (Å²) < 4.78 is 5.21. The third kappa shape index (κ3) is 4.17. The van der Waals surface area contributed by atoms with Crippen molar-refractivity contribution in [1.82, 2.24) is 10.3 Å². The fourth-order valence-electron chi connectivity index (χ4n) is 2.53. The minimum Gasteiger partial charge on any atom is -0.497 e. The second kappa shape index (κ2) is 7.81. The molecular weight excluding hydrogens is 336 g/mol. The molecule has 1 N–H and O–H groups in total. The summed E-state index contributed by atoms with van der Waals surface area (Å²) in [6, 6.07) is 20.4. The quantitative estimate of drug-likeness (QED) is 0.698. The normalized spacial score (nSPS) is 11.6. The number of carbonyl (C=O) groups excluding carboxylic acids is 1. The maximum absolute atomic E-state index is 12.6. The van der Waals surface area contributed by atoms with Crippen LogP contribution in [0.1, 0.15) is 27.5 Å². The third-order valence-electron chi connectivity index (χ3n) is 3.85. The monoisotopic (exact) mass is 352 g/mol. The molecule has 0 aliphatic carbocycles. The van der Waals surface area contributed by atoms with Gasteiger partial charge in [0, 0.05) is 6.20 Å². The molecule has 1 heterocycles. The molecule has 0 spiro atoms. The van der Waals surface area contributed by atoms with Gasteiger partial charge in [0.15, 0.2) is 0 Å². The van der Waals surface area contributed by atoms with Crippen LogP contribution in [0, 0.1) is 0 Å². The van der Waals surface area contributed by atoms with E-state index >= 15 is 0 Å². The van der Waals surface area contributed by atoms with Crippen LogP contribution in [0.5, 0.6) is 5.75 Å². The summed E-state index contributed by atoms with van der Waals surface area (Å²) in [7, 11) is 1.62. The van der Waals surface area contributed by atoms with Gasteiger partial charge in [-0.25, -0.2) is 4.98 Å². The summed E-state index contributed by atoms with van der Waals surface area (Å²) in [6.07, 6.45) is 1.47. The molecule has 2 aromatic carbocycles. The van der Waals surface area contributed by atoms with Crippen molar-refractivity contribution in [2.45, 2.75) is 6.04 Å². The van der Waals surface area contributed by atoms with E-state index in [0.29, 0.717) is 10.7 Å². The average molecular weight is 353 g/mol. The lowest BCUT2D eigenvalue weighted by atomic mass is 9.98. The summed E-state index contributed by atoms with van der Waals surface area (Å²) in [6.45, 7) is 0. The van der Waals surface area contributed by atoms with Crippen molar-refractivity contribution in [2.24, 2.45) is 0 Å². The van der Waals surface area contributed by atoms with Crippen LogP contribution in [-0.2, 0) is 0 Å². The van der Waals surface area contributed by atoms with Gasteiger partial charge in [-0.3, -0.25) is 4.79 Å². The van der Waals surface area contributed by atoms with Gasteiger partial charge in [-0.1, -0.05) is 54.1 Å².